The van der Waals surface area contributed by atoms with Crippen molar-refractivity contribution in [2.45, 2.75) is 25.1 Å². The lowest BCUT2D eigenvalue weighted by Crippen LogP contribution is -2.26. The van der Waals surface area contributed by atoms with E-state index in [9.17, 15) is 4.39 Å². The Morgan fingerprint density at radius 3 is 2.72 bits per heavy atom. The van der Waals surface area contributed by atoms with Gasteiger partial charge >= 0.3 is 0 Å². The summed E-state index contributed by atoms with van der Waals surface area (Å²) < 4.78 is 25.6. The normalized spacial score (nSPS) is 20.8. The molecular weight excluding hydrogens is 301 g/mol. The SMILES string of the molecule is COc1ccc(C(F)C2CCCN2)c(OC)c1Br. The Morgan fingerprint density at radius 1 is 1.39 bits per heavy atom. The number of hydrogen-bond donors (Lipinski definition) is 1. The Kier molecular flexibility index (Phi) is 4.45. The highest BCUT2D eigenvalue weighted by atomic mass is 79.9. The molecule has 0 spiro atoms. The maximum absolute atomic E-state index is 14.5. The summed E-state index contributed by atoms with van der Waals surface area (Å²) in [6.07, 6.45) is 0.809. The van der Waals surface area contributed by atoms with Gasteiger partial charge in [-0.15, -0.1) is 0 Å². The van der Waals surface area contributed by atoms with Gasteiger partial charge in [0.2, 0.25) is 0 Å². The lowest BCUT2D eigenvalue weighted by atomic mass is 10.0. The third-order valence-electron chi connectivity index (χ3n) is 3.26. The zero-order chi connectivity index (χ0) is 13.1. The molecule has 1 heterocycles. The highest BCUT2D eigenvalue weighted by Crippen LogP contribution is 2.42. The van der Waals surface area contributed by atoms with E-state index in [1.165, 1.54) is 7.11 Å². The van der Waals surface area contributed by atoms with Crippen LogP contribution >= 0.6 is 15.9 Å². The predicted molar refractivity (Wildman–Crippen MR) is 72.1 cm³/mol. The zero-order valence-electron chi connectivity index (χ0n) is 10.5. The van der Waals surface area contributed by atoms with Crippen LogP contribution in [0.25, 0.3) is 0 Å². The molecule has 5 heteroatoms. The molecule has 100 valence electrons. The molecule has 18 heavy (non-hydrogen) atoms. The largest absolute Gasteiger partial charge is 0.495 e. The van der Waals surface area contributed by atoms with Crippen molar-refractivity contribution in [3.05, 3.63) is 22.2 Å². The fourth-order valence-electron chi connectivity index (χ4n) is 2.31. The van der Waals surface area contributed by atoms with E-state index in [0.717, 1.165) is 19.4 Å². The summed E-state index contributed by atoms with van der Waals surface area (Å²) in [7, 11) is 3.11. The van der Waals surface area contributed by atoms with Crippen molar-refractivity contribution in [2.24, 2.45) is 0 Å². The van der Waals surface area contributed by atoms with Crippen LogP contribution in [0.1, 0.15) is 24.6 Å². The summed E-state index contributed by atoms with van der Waals surface area (Å²) in [5.74, 6) is 1.15. The van der Waals surface area contributed by atoms with E-state index in [0.29, 0.717) is 21.5 Å². The third-order valence-corrected chi connectivity index (χ3v) is 4.02. The zero-order valence-corrected chi connectivity index (χ0v) is 12.1. The molecule has 1 aromatic rings. The lowest BCUT2D eigenvalue weighted by Gasteiger charge is -2.20. The van der Waals surface area contributed by atoms with Crippen LogP contribution in [0.3, 0.4) is 0 Å². The summed E-state index contributed by atoms with van der Waals surface area (Å²) in [5, 5.41) is 3.18. The monoisotopic (exact) mass is 317 g/mol. The van der Waals surface area contributed by atoms with Crippen molar-refractivity contribution >= 4 is 15.9 Å². The van der Waals surface area contributed by atoms with E-state index in [-0.39, 0.29) is 6.04 Å². The van der Waals surface area contributed by atoms with Gasteiger partial charge in [0.1, 0.15) is 22.1 Å². The van der Waals surface area contributed by atoms with Crippen molar-refractivity contribution < 1.29 is 13.9 Å². The van der Waals surface area contributed by atoms with Gasteiger partial charge in [0.15, 0.2) is 0 Å². The molecule has 0 aromatic heterocycles. The molecular formula is C13H17BrFNO2. The molecule has 1 fully saturated rings. The lowest BCUT2D eigenvalue weighted by molar-refractivity contribution is 0.261. The molecule has 2 rings (SSSR count). The van der Waals surface area contributed by atoms with Gasteiger partial charge in [-0.2, -0.15) is 0 Å². The number of methoxy groups -OCH3 is 2. The van der Waals surface area contributed by atoms with Crippen molar-refractivity contribution in [3.8, 4) is 11.5 Å². The summed E-state index contributed by atoms with van der Waals surface area (Å²) in [5.41, 5.74) is 0.560. The van der Waals surface area contributed by atoms with Crippen molar-refractivity contribution in [2.75, 3.05) is 20.8 Å². The van der Waals surface area contributed by atoms with E-state index in [2.05, 4.69) is 21.2 Å². The highest BCUT2D eigenvalue weighted by Gasteiger charge is 2.29. The maximum atomic E-state index is 14.5. The fraction of sp³-hybridized carbons (Fsp3) is 0.538. The Hall–Kier alpha value is -0.810. The van der Waals surface area contributed by atoms with Crippen molar-refractivity contribution in [1.29, 1.82) is 0 Å². The second kappa shape index (κ2) is 5.89. The van der Waals surface area contributed by atoms with Gasteiger partial charge in [0.25, 0.3) is 0 Å². The van der Waals surface area contributed by atoms with Gasteiger partial charge in [0, 0.05) is 11.6 Å². The first-order valence-electron chi connectivity index (χ1n) is 5.97. The number of rotatable bonds is 4. The minimum Gasteiger partial charge on any atom is -0.495 e. The molecule has 1 aromatic carbocycles. The van der Waals surface area contributed by atoms with E-state index >= 15 is 0 Å². The van der Waals surface area contributed by atoms with Crippen LogP contribution in [0, 0.1) is 0 Å². The average molecular weight is 318 g/mol. The van der Waals surface area contributed by atoms with Crippen LogP contribution in [-0.4, -0.2) is 26.8 Å². The first-order chi connectivity index (χ1) is 8.69. The molecule has 0 aliphatic carbocycles. The molecule has 0 amide bonds. The molecule has 1 aliphatic heterocycles. The summed E-state index contributed by atoms with van der Waals surface area (Å²) in [6.45, 7) is 0.880. The van der Waals surface area contributed by atoms with Crippen LogP contribution in [0.2, 0.25) is 0 Å². The van der Waals surface area contributed by atoms with Crippen molar-refractivity contribution in [3.63, 3.8) is 0 Å². The average Bonchev–Trinajstić information content (AvgIpc) is 2.91. The molecule has 1 N–H and O–H groups in total. The Balaban J connectivity index is 2.34. The molecule has 0 saturated carbocycles. The smallest absolute Gasteiger partial charge is 0.144 e. The topological polar surface area (TPSA) is 30.5 Å². The van der Waals surface area contributed by atoms with E-state index in [1.54, 1.807) is 19.2 Å². The molecule has 0 radical (unpaired) electrons. The summed E-state index contributed by atoms with van der Waals surface area (Å²) in [6, 6.07) is 3.36. The highest BCUT2D eigenvalue weighted by molar-refractivity contribution is 9.10. The Bertz CT molecular complexity index is 422. The fourth-order valence-corrected chi connectivity index (χ4v) is 3.00. The number of nitrogens with one attached hydrogen (secondary N) is 1. The van der Waals surface area contributed by atoms with Crippen LogP contribution in [0.5, 0.6) is 11.5 Å². The number of hydrogen-bond acceptors (Lipinski definition) is 3. The second-order valence-corrected chi connectivity index (χ2v) is 5.10. The molecule has 3 nitrogen and oxygen atoms in total. The van der Waals surface area contributed by atoms with Gasteiger partial charge in [0.05, 0.1) is 14.2 Å². The Labute approximate surface area is 115 Å². The third kappa shape index (κ3) is 2.47. The van der Waals surface area contributed by atoms with Gasteiger partial charge in [-0.3, -0.25) is 0 Å². The van der Waals surface area contributed by atoms with Crippen LogP contribution in [-0.2, 0) is 0 Å². The predicted octanol–water partition coefficient (Wildman–Crippen LogP) is 3.23. The first-order valence-corrected chi connectivity index (χ1v) is 6.76. The minimum absolute atomic E-state index is 0.126. The molecule has 2 atom stereocenters. The van der Waals surface area contributed by atoms with Crippen LogP contribution in [0.4, 0.5) is 4.39 Å². The van der Waals surface area contributed by atoms with Crippen LogP contribution < -0.4 is 14.8 Å². The molecule has 1 aliphatic rings. The summed E-state index contributed by atoms with van der Waals surface area (Å²) >= 11 is 3.39. The number of halogens is 2. The second-order valence-electron chi connectivity index (χ2n) is 4.31. The number of benzene rings is 1. The first kappa shape index (κ1) is 13.6. The number of ether oxygens (including phenoxy) is 2. The quantitative estimate of drug-likeness (QED) is 0.924. The number of alkyl halides is 1. The van der Waals surface area contributed by atoms with Crippen LogP contribution in [0.15, 0.2) is 16.6 Å². The van der Waals surface area contributed by atoms with E-state index in [1.807, 2.05) is 0 Å². The van der Waals surface area contributed by atoms with Gasteiger partial charge in [-0.05, 0) is 47.4 Å². The van der Waals surface area contributed by atoms with Gasteiger partial charge < -0.3 is 14.8 Å². The van der Waals surface area contributed by atoms with E-state index < -0.39 is 6.17 Å². The Morgan fingerprint density at radius 2 is 2.17 bits per heavy atom. The maximum Gasteiger partial charge on any atom is 0.144 e. The van der Waals surface area contributed by atoms with Gasteiger partial charge in [-0.1, -0.05) is 0 Å². The standard InChI is InChI=1S/C13H17BrFNO2/c1-17-10-6-5-8(13(18-2)11(10)14)12(15)9-4-3-7-16-9/h5-6,9,12,16H,3-4,7H2,1-2H3. The molecule has 1 saturated heterocycles. The van der Waals surface area contributed by atoms with E-state index in [4.69, 9.17) is 9.47 Å². The summed E-state index contributed by atoms with van der Waals surface area (Å²) in [4.78, 5) is 0. The molecule has 2 unspecified atom stereocenters. The van der Waals surface area contributed by atoms with Crippen molar-refractivity contribution in [1.82, 2.24) is 5.32 Å². The van der Waals surface area contributed by atoms with Gasteiger partial charge in [-0.25, -0.2) is 4.39 Å². The molecule has 0 bridgehead atoms. The minimum atomic E-state index is -1.07.